The van der Waals surface area contributed by atoms with Crippen molar-refractivity contribution in [3.05, 3.63) is 125 Å². The number of aromatic nitrogens is 4. The van der Waals surface area contributed by atoms with Gasteiger partial charge in [0, 0.05) is 62.0 Å². The highest BCUT2D eigenvalue weighted by Gasteiger charge is 2.39. The number of para-hydroxylation sites is 1. The normalized spacial score (nSPS) is 14.4. The van der Waals surface area contributed by atoms with Crippen molar-refractivity contribution < 1.29 is 46.8 Å². The minimum atomic E-state index is -2.35. The Bertz CT molecular complexity index is 3050. The van der Waals surface area contributed by atoms with Crippen LogP contribution in [0.2, 0.25) is 28.2 Å². The van der Waals surface area contributed by atoms with E-state index in [1.54, 1.807) is 50.6 Å². The Labute approximate surface area is 441 Å². The Hall–Kier alpha value is -6.34. The molecule has 0 saturated carbocycles. The first-order chi connectivity index (χ1) is 35.4. The standard InChI is InChI=1S/C55H61Cl2FN6O9Si/c1-9-68-54(66)46(29-35-26-39(73-74(7,8)55(2,3)4)18-19-44(35)69-32-38-20-21-59-51(62-38)41-12-10-11-13-45(41)67-6)71-52-48-47(49(72-53(48)61-33-60-52)34-14-16-37(58)17-15-34)36-27-42(56)50(43(57)28-36)70-40(31-65)30-64-24-22-63(5)23-25-64/h10-21,26-28,33,40,46,65H,9,22-25,29-32H2,1-8H3/t40-,46+/m0/s1. The monoisotopic (exact) mass is 1070 g/mol. The molecule has 1 N–H and O–H groups in total. The number of hydrogen-bond donors (Lipinski definition) is 1. The van der Waals surface area contributed by atoms with Gasteiger partial charge in [-0.3, -0.25) is 4.90 Å². The molecule has 0 unspecified atom stereocenters. The maximum atomic E-state index is 14.4. The number of furan rings is 1. The van der Waals surface area contributed by atoms with Crippen molar-refractivity contribution in [1.29, 1.82) is 0 Å². The van der Waals surface area contributed by atoms with E-state index >= 15 is 0 Å². The molecule has 390 valence electrons. The number of halogens is 3. The van der Waals surface area contributed by atoms with Crippen molar-refractivity contribution in [3.63, 3.8) is 0 Å². The Morgan fingerprint density at radius 2 is 1.64 bits per heavy atom. The summed E-state index contributed by atoms with van der Waals surface area (Å²) >= 11 is 14.1. The van der Waals surface area contributed by atoms with Crippen LogP contribution >= 0.6 is 23.2 Å². The van der Waals surface area contributed by atoms with Crippen molar-refractivity contribution >= 4 is 48.6 Å². The summed E-state index contributed by atoms with van der Waals surface area (Å²) in [5, 5.41) is 10.8. The molecule has 0 radical (unpaired) electrons. The van der Waals surface area contributed by atoms with Crippen LogP contribution in [0.25, 0.3) is 44.9 Å². The molecule has 1 saturated heterocycles. The van der Waals surface area contributed by atoms with Crippen molar-refractivity contribution in [2.24, 2.45) is 0 Å². The second-order valence-corrected chi connectivity index (χ2v) is 25.1. The first kappa shape index (κ1) is 53.9. The van der Waals surface area contributed by atoms with Gasteiger partial charge in [-0.05, 0) is 110 Å². The summed E-state index contributed by atoms with van der Waals surface area (Å²) in [4.78, 5) is 37.1. The number of carbonyl (C=O) groups is 1. The van der Waals surface area contributed by atoms with E-state index in [1.165, 1.54) is 18.5 Å². The Morgan fingerprint density at radius 1 is 0.905 bits per heavy atom. The number of piperazine rings is 1. The number of aliphatic hydroxyl groups is 1. The predicted molar refractivity (Wildman–Crippen MR) is 285 cm³/mol. The average Bonchev–Trinajstić information content (AvgIpc) is 3.78. The van der Waals surface area contributed by atoms with Crippen LogP contribution < -0.4 is 23.4 Å². The molecule has 2 atom stereocenters. The third kappa shape index (κ3) is 12.6. The number of rotatable bonds is 20. The minimum absolute atomic E-state index is 0.0266. The zero-order valence-electron chi connectivity index (χ0n) is 42.8. The van der Waals surface area contributed by atoms with Crippen molar-refractivity contribution in [3.8, 4) is 62.7 Å². The van der Waals surface area contributed by atoms with Crippen molar-refractivity contribution in [2.45, 2.75) is 71.1 Å². The number of fused-ring (bicyclic) bond motifs is 1. The lowest BCUT2D eigenvalue weighted by molar-refractivity contribution is -0.151. The summed E-state index contributed by atoms with van der Waals surface area (Å²) in [6.07, 6.45) is 0.928. The van der Waals surface area contributed by atoms with E-state index in [0.29, 0.717) is 57.6 Å². The summed E-state index contributed by atoms with van der Waals surface area (Å²) in [6.45, 7) is 16.2. The van der Waals surface area contributed by atoms with Gasteiger partial charge in [0.15, 0.2) is 11.6 Å². The van der Waals surface area contributed by atoms with Crippen LogP contribution in [0.1, 0.15) is 39.0 Å². The van der Waals surface area contributed by atoms with Crippen LogP contribution in [0.3, 0.4) is 0 Å². The Morgan fingerprint density at radius 3 is 2.32 bits per heavy atom. The smallest absolute Gasteiger partial charge is 0.347 e. The van der Waals surface area contributed by atoms with Crippen molar-refractivity contribution in [2.75, 3.05) is 60.1 Å². The van der Waals surface area contributed by atoms with Gasteiger partial charge < -0.3 is 42.5 Å². The van der Waals surface area contributed by atoms with Gasteiger partial charge in [-0.2, -0.15) is 0 Å². The number of likely N-dealkylation sites (N-methyl/N-ethyl adjacent to an activating group) is 1. The fourth-order valence-corrected chi connectivity index (χ4v) is 9.81. The molecular weight excluding hydrogens is 1010 g/mol. The van der Waals surface area contributed by atoms with Crippen LogP contribution in [0.4, 0.5) is 4.39 Å². The second-order valence-electron chi connectivity index (χ2n) is 19.5. The predicted octanol–water partition coefficient (Wildman–Crippen LogP) is 11.0. The van der Waals surface area contributed by atoms with E-state index in [4.69, 9.17) is 60.7 Å². The summed E-state index contributed by atoms with van der Waals surface area (Å²) in [6, 6.07) is 23.8. The highest BCUT2D eigenvalue weighted by Crippen LogP contribution is 2.47. The topological polar surface area (TPSA) is 164 Å². The Kier molecular flexibility index (Phi) is 17.1. The first-order valence-corrected chi connectivity index (χ1v) is 28.1. The van der Waals surface area contributed by atoms with Gasteiger partial charge in [-0.15, -0.1) is 0 Å². The van der Waals surface area contributed by atoms with Gasteiger partial charge in [0.25, 0.3) is 0 Å². The second kappa shape index (κ2) is 23.5. The minimum Gasteiger partial charge on any atom is -0.543 e. The maximum Gasteiger partial charge on any atom is 0.347 e. The first-order valence-electron chi connectivity index (χ1n) is 24.4. The molecule has 4 heterocycles. The molecule has 0 bridgehead atoms. The molecule has 0 aliphatic carbocycles. The van der Waals surface area contributed by atoms with Gasteiger partial charge in [0.1, 0.15) is 53.3 Å². The van der Waals surface area contributed by atoms with E-state index in [1.807, 2.05) is 42.5 Å². The lowest BCUT2D eigenvalue weighted by Gasteiger charge is -2.36. The molecule has 1 fully saturated rings. The highest BCUT2D eigenvalue weighted by molar-refractivity contribution is 6.74. The summed E-state index contributed by atoms with van der Waals surface area (Å²) < 4.78 is 58.4. The molecule has 0 amide bonds. The molecule has 15 nitrogen and oxygen atoms in total. The molecule has 8 rings (SSSR count). The van der Waals surface area contributed by atoms with E-state index in [9.17, 15) is 14.3 Å². The number of methoxy groups -OCH3 is 1. The zero-order chi connectivity index (χ0) is 52.7. The third-order valence-corrected chi connectivity index (χ3v) is 18.2. The number of nitrogens with zero attached hydrogens (tertiary/aromatic N) is 6. The van der Waals surface area contributed by atoms with Gasteiger partial charge in [0.2, 0.25) is 26.0 Å². The Balaban J connectivity index is 1.18. The summed E-state index contributed by atoms with van der Waals surface area (Å²) in [5.74, 6) is 1.44. The van der Waals surface area contributed by atoms with Crippen LogP contribution in [0, 0.1) is 5.82 Å². The molecule has 19 heteroatoms. The molecule has 7 aromatic rings. The van der Waals surface area contributed by atoms with Gasteiger partial charge in [-0.1, -0.05) is 56.1 Å². The molecule has 3 aromatic heterocycles. The van der Waals surface area contributed by atoms with Crippen molar-refractivity contribution in [1.82, 2.24) is 29.7 Å². The highest BCUT2D eigenvalue weighted by atomic mass is 35.5. The summed E-state index contributed by atoms with van der Waals surface area (Å²) in [5.41, 5.74) is 3.32. The maximum absolute atomic E-state index is 14.4. The zero-order valence-corrected chi connectivity index (χ0v) is 45.3. The number of esters is 1. The average molecular weight is 1070 g/mol. The fourth-order valence-electron chi connectivity index (χ4n) is 8.21. The quantitative estimate of drug-likeness (QED) is 0.0566. The number of carbonyl (C=O) groups excluding carboxylic acids is 1. The van der Waals surface area contributed by atoms with Crippen LogP contribution in [0.15, 0.2) is 102 Å². The van der Waals surface area contributed by atoms with Crippen LogP contribution in [0.5, 0.6) is 28.9 Å². The van der Waals surface area contributed by atoms with E-state index in [2.05, 4.69) is 65.7 Å². The largest absolute Gasteiger partial charge is 0.543 e. The van der Waals surface area contributed by atoms with Gasteiger partial charge in [0.05, 0.1) is 41.6 Å². The molecule has 1 aliphatic rings. The lowest BCUT2D eigenvalue weighted by Crippen LogP contribution is -2.48. The van der Waals surface area contributed by atoms with Gasteiger partial charge in [-0.25, -0.2) is 29.1 Å². The number of hydrogen-bond acceptors (Lipinski definition) is 15. The molecule has 1 aliphatic heterocycles. The molecule has 4 aromatic carbocycles. The molecular formula is C55H61Cl2FN6O9Si. The van der Waals surface area contributed by atoms with Crippen LogP contribution in [-0.2, 0) is 22.6 Å². The van der Waals surface area contributed by atoms with Gasteiger partial charge >= 0.3 is 5.97 Å². The van der Waals surface area contributed by atoms with E-state index < -0.39 is 32.3 Å². The molecule has 74 heavy (non-hydrogen) atoms. The van der Waals surface area contributed by atoms with E-state index in [0.717, 1.165) is 31.7 Å². The van der Waals surface area contributed by atoms with Crippen LogP contribution in [-0.4, -0.2) is 121 Å². The molecule has 0 spiro atoms. The fraction of sp³-hybridized carbons (Fsp3) is 0.364. The lowest BCUT2D eigenvalue weighted by atomic mass is 9.99. The number of ether oxygens (including phenoxy) is 5. The van der Waals surface area contributed by atoms with E-state index in [-0.39, 0.29) is 69.8 Å². The number of benzene rings is 4. The number of aliphatic hydroxyl groups excluding tert-OH is 1. The third-order valence-electron chi connectivity index (χ3n) is 13.2. The summed E-state index contributed by atoms with van der Waals surface area (Å²) in [7, 11) is 1.32. The SMILES string of the molecule is CCOC(=O)[C@@H](Cc1cc(O[Si](C)(C)C(C)(C)C)ccc1OCc1ccnc(-c2ccccc2OC)n1)Oc1ncnc2oc(-c3ccc(F)cc3)c(-c3cc(Cl)c(O[C@H](CO)CN4CCN(C)CC4)c(Cl)c3)c12.